The van der Waals surface area contributed by atoms with E-state index in [2.05, 4.69) is 19.9 Å². The molecule has 0 spiro atoms. The number of halogens is 1. The zero-order chi connectivity index (χ0) is 17.9. The van der Waals surface area contributed by atoms with Gasteiger partial charge in [-0.05, 0) is 37.1 Å². The lowest BCUT2D eigenvalue weighted by atomic mass is 10.1. The van der Waals surface area contributed by atoms with E-state index in [4.69, 9.17) is 0 Å². The van der Waals surface area contributed by atoms with Crippen molar-refractivity contribution in [3.8, 4) is 22.8 Å². The Morgan fingerprint density at radius 3 is 2.46 bits per heavy atom. The molecule has 0 saturated carbocycles. The number of hydrogen-bond acceptors (Lipinski definition) is 5. The molecule has 1 saturated heterocycles. The zero-order valence-corrected chi connectivity index (χ0v) is 14.2. The lowest BCUT2D eigenvalue weighted by molar-refractivity contribution is 0.145. The third kappa shape index (κ3) is 3.41. The number of nitrogens with zero attached hydrogens (tertiary/aromatic N) is 4. The molecule has 0 bridgehead atoms. The van der Waals surface area contributed by atoms with Crippen LogP contribution in [0.15, 0.2) is 54.7 Å². The standard InChI is InChI=1S/C20H19FN4O/c21-16-6-2-1-5-15(16)18-13-19(25-11-8-14(26)9-12-25)24-20(23-18)17-7-3-4-10-22-17/h1-7,10,13-14,26H,8-9,11-12H2. The molecule has 3 aromatic rings. The normalized spacial score (nSPS) is 15.2. The van der Waals surface area contributed by atoms with Crippen molar-refractivity contribution >= 4 is 5.82 Å². The maximum absolute atomic E-state index is 14.3. The molecule has 2 aromatic heterocycles. The fourth-order valence-corrected chi connectivity index (χ4v) is 3.11. The molecule has 0 aliphatic carbocycles. The maximum Gasteiger partial charge on any atom is 0.180 e. The second kappa shape index (κ2) is 7.17. The van der Waals surface area contributed by atoms with Gasteiger partial charge in [0, 0.05) is 30.9 Å². The zero-order valence-electron chi connectivity index (χ0n) is 14.2. The van der Waals surface area contributed by atoms with Crippen molar-refractivity contribution in [2.24, 2.45) is 0 Å². The summed E-state index contributed by atoms with van der Waals surface area (Å²) in [6.45, 7) is 1.41. The number of benzene rings is 1. The van der Waals surface area contributed by atoms with Crippen LogP contribution >= 0.6 is 0 Å². The molecule has 0 unspecified atom stereocenters. The highest BCUT2D eigenvalue weighted by molar-refractivity contribution is 5.67. The van der Waals surface area contributed by atoms with Gasteiger partial charge in [0.1, 0.15) is 17.3 Å². The number of aromatic nitrogens is 3. The number of rotatable bonds is 3. The van der Waals surface area contributed by atoms with Gasteiger partial charge in [-0.1, -0.05) is 18.2 Å². The van der Waals surface area contributed by atoms with Crippen LogP contribution in [0.2, 0.25) is 0 Å². The quantitative estimate of drug-likeness (QED) is 0.785. The Kier molecular flexibility index (Phi) is 4.58. The van der Waals surface area contributed by atoms with Crippen molar-refractivity contribution in [1.29, 1.82) is 0 Å². The molecule has 5 nitrogen and oxygen atoms in total. The molecule has 0 atom stereocenters. The van der Waals surface area contributed by atoms with Gasteiger partial charge in [0.25, 0.3) is 0 Å². The third-order valence-electron chi connectivity index (χ3n) is 4.54. The van der Waals surface area contributed by atoms with Gasteiger partial charge in [-0.25, -0.2) is 14.4 Å². The maximum atomic E-state index is 14.3. The molecule has 1 aliphatic heterocycles. The lowest BCUT2D eigenvalue weighted by Crippen LogP contribution is -2.36. The fourth-order valence-electron chi connectivity index (χ4n) is 3.11. The Bertz CT molecular complexity index is 895. The van der Waals surface area contributed by atoms with E-state index in [-0.39, 0.29) is 11.9 Å². The van der Waals surface area contributed by atoms with Crippen LogP contribution in [-0.2, 0) is 0 Å². The van der Waals surface area contributed by atoms with E-state index in [1.165, 1.54) is 6.07 Å². The number of anilines is 1. The SMILES string of the molecule is OC1CCN(c2cc(-c3ccccc3F)nc(-c3ccccn3)n2)CC1. The number of piperidine rings is 1. The van der Waals surface area contributed by atoms with Crippen LogP contribution < -0.4 is 4.90 Å². The number of pyridine rings is 1. The molecule has 1 aromatic carbocycles. The molecule has 3 heterocycles. The third-order valence-corrected chi connectivity index (χ3v) is 4.54. The molecule has 1 fully saturated rings. The van der Waals surface area contributed by atoms with Crippen molar-refractivity contribution in [2.45, 2.75) is 18.9 Å². The number of aliphatic hydroxyl groups excluding tert-OH is 1. The highest BCUT2D eigenvalue weighted by Gasteiger charge is 2.21. The van der Waals surface area contributed by atoms with Gasteiger partial charge in [-0.2, -0.15) is 0 Å². The van der Waals surface area contributed by atoms with Crippen LogP contribution in [0.25, 0.3) is 22.8 Å². The van der Waals surface area contributed by atoms with E-state index in [0.29, 0.717) is 48.7 Å². The Morgan fingerprint density at radius 2 is 1.73 bits per heavy atom. The topological polar surface area (TPSA) is 62.1 Å². The molecule has 0 amide bonds. The van der Waals surface area contributed by atoms with E-state index in [0.717, 1.165) is 5.82 Å². The van der Waals surface area contributed by atoms with Crippen molar-refractivity contribution in [3.05, 3.63) is 60.5 Å². The summed E-state index contributed by atoms with van der Waals surface area (Å²) >= 11 is 0. The molecule has 26 heavy (non-hydrogen) atoms. The van der Waals surface area contributed by atoms with E-state index < -0.39 is 0 Å². The van der Waals surface area contributed by atoms with E-state index in [1.54, 1.807) is 24.4 Å². The first-order chi connectivity index (χ1) is 12.7. The summed E-state index contributed by atoms with van der Waals surface area (Å²) in [5.74, 6) is 0.872. The van der Waals surface area contributed by atoms with Gasteiger partial charge in [-0.3, -0.25) is 4.98 Å². The summed E-state index contributed by atoms with van der Waals surface area (Å²) in [5.41, 5.74) is 1.61. The van der Waals surface area contributed by atoms with Crippen LogP contribution in [0.5, 0.6) is 0 Å². The van der Waals surface area contributed by atoms with Crippen LogP contribution in [0.3, 0.4) is 0 Å². The first-order valence-electron chi connectivity index (χ1n) is 8.69. The minimum absolute atomic E-state index is 0.269. The molecule has 6 heteroatoms. The summed E-state index contributed by atoms with van der Waals surface area (Å²) in [6.07, 6.45) is 2.80. The Labute approximate surface area is 151 Å². The average molecular weight is 350 g/mol. The van der Waals surface area contributed by atoms with Gasteiger partial charge in [0.05, 0.1) is 11.8 Å². The van der Waals surface area contributed by atoms with Gasteiger partial charge >= 0.3 is 0 Å². The predicted octanol–water partition coefficient (Wildman–Crippen LogP) is 3.31. The first kappa shape index (κ1) is 16.6. The molecule has 1 N–H and O–H groups in total. The first-order valence-corrected chi connectivity index (χ1v) is 8.69. The van der Waals surface area contributed by atoms with Crippen LogP contribution in [0, 0.1) is 5.82 Å². The lowest BCUT2D eigenvalue weighted by Gasteiger charge is -2.30. The molecule has 1 aliphatic rings. The highest BCUT2D eigenvalue weighted by Crippen LogP contribution is 2.28. The molecule has 132 valence electrons. The number of hydrogen-bond donors (Lipinski definition) is 1. The van der Waals surface area contributed by atoms with Crippen LogP contribution in [0.4, 0.5) is 10.2 Å². The fraction of sp³-hybridized carbons (Fsp3) is 0.250. The average Bonchev–Trinajstić information content (AvgIpc) is 2.69. The van der Waals surface area contributed by atoms with Crippen molar-refractivity contribution in [3.63, 3.8) is 0 Å². The van der Waals surface area contributed by atoms with Crippen LogP contribution in [-0.4, -0.2) is 39.3 Å². The van der Waals surface area contributed by atoms with Gasteiger partial charge in [0.2, 0.25) is 0 Å². The molecule has 4 rings (SSSR count). The molecular weight excluding hydrogens is 331 g/mol. The minimum Gasteiger partial charge on any atom is -0.393 e. The van der Waals surface area contributed by atoms with Crippen molar-refractivity contribution in [1.82, 2.24) is 15.0 Å². The summed E-state index contributed by atoms with van der Waals surface area (Å²) < 4.78 is 14.3. The Balaban J connectivity index is 1.81. The summed E-state index contributed by atoms with van der Waals surface area (Å²) in [6, 6.07) is 13.9. The largest absolute Gasteiger partial charge is 0.393 e. The van der Waals surface area contributed by atoms with Gasteiger partial charge in [-0.15, -0.1) is 0 Å². The monoisotopic (exact) mass is 350 g/mol. The highest BCUT2D eigenvalue weighted by atomic mass is 19.1. The minimum atomic E-state index is -0.321. The summed E-state index contributed by atoms with van der Waals surface area (Å²) in [7, 11) is 0. The second-order valence-corrected chi connectivity index (χ2v) is 6.35. The van der Waals surface area contributed by atoms with E-state index in [9.17, 15) is 9.50 Å². The summed E-state index contributed by atoms with van der Waals surface area (Å²) in [5, 5.41) is 9.76. The van der Waals surface area contributed by atoms with Crippen molar-refractivity contribution < 1.29 is 9.50 Å². The van der Waals surface area contributed by atoms with Gasteiger partial charge in [0.15, 0.2) is 5.82 Å². The predicted molar refractivity (Wildman–Crippen MR) is 98.1 cm³/mol. The number of aliphatic hydroxyl groups is 1. The smallest absolute Gasteiger partial charge is 0.180 e. The van der Waals surface area contributed by atoms with E-state index in [1.807, 2.05) is 24.3 Å². The molecule has 0 radical (unpaired) electrons. The molecular formula is C20H19FN4O. The van der Waals surface area contributed by atoms with Crippen molar-refractivity contribution in [2.75, 3.05) is 18.0 Å². The Morgan fingerprint density at radius 1 is 0.962 bits per heavy atom. The van der Waals surface area contributed by atoms with Crippen LogP contribution in [0.1, 0.15) is 12.8 Å². The Hall–Kier alpha value is -2.86. The van der Waals surface area contributed by atoms with Gasteiger partial charge < -0.3 is 10.0 Å². The van der Waals surface area contributed by atoms with E-state index >= 15 is 0 Å². The summed E-state index contributed by atoms with van der Waals surface area (Å²) in [4.78, 5) is 15.6. The second-order valence-electron chi connectivity index (χ2n) is 6.35.